The zero-order valence-corrected chi connectivity index (χ0v) is 16.6. The van der Waals surface area contributed by atoms with Gasteiger partial charge in [0.2, 0.25) is 0 Å². The van der Waals surface area contributed by atoms with Crippen molar-refractivity contribution in [1.29, 1.82) is 0 Å². The molecule has 4 aromatic rings. The van der Waals surface area contributed by atoms with Crippen LogP contribution in [0.3, 0.4) is 0 Å². The van der Waals surface area contributed by atoms with Gasteiger partial charge in [0, 0.05) is 50.2 Å². The summed E-state index contributed by atoms with van der Waals surface area (Å²) in [4.78, 5) is 11.5. The topological polar surface area (TPSA) is 55.7 Å². The average Bonchev–Trinajstić information content (AvgIpc) is 3.25. The Hall–Kier alpha value is -2.44. The largest absolute Gasteiger partial charge is 0.361 e. The van der Waals surface area contributed by atoms with Crippen molar-refractivity contribution in [3.8, 4) is 0 Å². The van der Waals surface area contributed by atoms with Crippen LogP contribution >= 0.6 is 0 Å². The van der Waals surface area contributed by atoms with Crippen LogP contribution in [0.1, 0.15) is 0 Å². The van der Waals surface area contributed by atoms with Gasteiger partial charge >= 0.3 is 0 Å². The molecule has 5 nitrogen and oxygen atoms in total. The molecule has 0 unspecified atom stereocenters. The summed E-state index contributed by atoms with van der Waals surface area (Å²) in [6.07, 6.45) is 7.52. The fourth-order valence-corrected chi connectivity index (χ4v) is 3.31. The third kappa shape index (κ3) is 5.03. The lowest BCUT2D eigenvalue weighted by atomic mass is 10.3. The molecule has 0 aromatic carbocycles. The molecule has 26 heavy (non-hydrogen) atoms. The number of nitrogens with one attached hydrogen (secondary N) is 1. The van der Waals surface area contributed by atoms with Crippen LogP contribution in [0.5, 0.6) is 0 Å². The highest BCUT2D eigenvalue weighted by molar-refractivity contribution is 6.76. The maximum atomic E-state index is 5.72. The van der Waals surface area contributed by atoms with E-state index in [2.05, 4.69) is 51.3 Å². The number of fused-ring (bicyclic) bond motifs is 2. The third-order valence-electron chi connectivity index (χ3n) is 4.07. The standard InChI is InChI=1S/C13H20N2OSi.C7H6N2/c1-17(2,3)10-9-16-11-15-8-6-12-5-4-7-14-13(12)15;1-2-6-3-5-9-7(6)8-4-1/h4-8H,9-11H2,1-3H3;1-5H,(H,8,9). The molecule has 0 atom stereocenters. The molecule has 0 aliphatic carbocycles. The van der Waals surface area contributed by atoms with Gasteiger partial charge in [0.15, 0.2) is 0 Å². The molecule has 0 fully saturated rings. The van der Waals surface area contributed by atoms with E-state index < -0.39 is 8.07 Å². The van der Waals surface area contributed by atoms with E-state index in [1.165, 1.54) is 11.4 Å². The van der Waals surface area contributed by atoms with Gasteiger partial charge in [-0.3, -0.25) is 0 Å². The smallest absolute Gasteiger partial charge is 0.141 e. The van der Waals surface area contributed by atoms with Crippen molar-refractivity contribution in [1.82, 2.24) is 19.5 Å². The predicted molar refractivity (Wildman–Crippen MR) is 110 cm³/mol. The predicted octanol–water partition coefficient (Wildman–Crippen LogP) is 4.91. The minimum atomic E-state index is -0.983. The van der Waals surface area contributed by atoms with Gasteiger partial charge in [0.05, 0.1) is 0 Å². The van der Waals surface area contributed by atoms with Crippen LogP contribution in [0.15, 0.2) is 61.2 Å². The Labute approximate surface area is 155 Å². The van der Waals surface area contributed by atoms with Crippen LogP contribution in [0.25, 0.3) is 22.1 Å². The van der Waals surface area contributed by atoms with Gasteiger partial charge < -0.3 is 14.3 Å². The maximum absolute atomic E-state index is 5.72. The van der Waals surface area contributed by atoms with Crippen LogP contribution < -0.4 is 0 Å². The molecule has 0 amide bonds. The van der Waals surface area contributed by atoms with E-state index in [0.29, 0.717) is 6.73 Å². The molecule has 136 valence electrons. The average molecular weight is 367 g/mol. The second-order valence-corrected chi connectivity index (χ2v) is 13.1. The molecule has 4 heterocycles. The number of hydrogen-bond acceptors (Lipinski definition) is 3. The number of hydrogen-bond donors (Lipinski definition) is 1. The fraction of sp³-hybridized carbons (Fsp3) is 0.300. The Bertz CT molecular complexity index is 925. The van der Waals surface area contributed by atoms with Gasteiger partial charge in [-0.1, -0.05) is 19.6 Å². The maximum Gasteiger partial charge on any atom is 0.141 e. The molecule has 0 aliphatic rings. The quantitative estimate of drug-likeness (QED) is 0.403. The second kappa shape index (κ2) is 8.29. The Morgan fingerprint density at radius 2 is 1.77 bits per heavy atom. The van der Waals surface area contributed by atoms with Crippen LogP contribution in [0.2, 0.25) is 25.7 Å². The molecule has 0 radical (unpaired) electrons. The Morgan fingerprint density at radius 3 is 2.54 bits per heavy atom. The first kappa shape index (κ1) is 18.4. The molecule has 4 aromatic heterocycles. The third-order valence-corrected chi connectivity index (χ3v) is 5.78. The lowest BCUT2D eigenvalue weighted by Gasteiger charge is -2.15. The van der Waals surface area contributed by atoms with E-state index >= 15 is 0 Å². The highest BCUT2D eigenvalue weighted by Crippen LogP contribution is 2.13. The number of rotatable bonds is 5. The normalized spacial score (nSPS) is 11.5. The fourth-order valence-electron chi connectivity index (χ4n) is 2.55. The zero-order valence-electron chi connectivity index (χ0n) is 15.6. The molecular weight excluding hydrogens is 340 g/mol. The summed E-state index contributed by atoms with van der Waals surface area (Å²) < 4.78 is 7.77. The summed E-state index contributed by atoms with van der Waals surface area (Å²) in [5, 5.41) is 2.33. The van der Waals surface area contributed by atoms with Crippen molar-refractivity contribution >= 4 is 30.1 Å². The number of H-pyrrole nitrogens is 1. The van der Waals surface area contributed by atoms with E-state index in [9.17, 15) is 0 Å². The van der Waals surface area contributed by atoms with Gasteiger partial charge in [-0.15, -0.1) is 0 Å². The zero-order chi connectivity index (χ0) is 18.4. The van der Waals surface area contributed by atoms with Crippen LogP contribution in [0.4, 0.5) is 0 Å². The summed E-state index contributed by atoms with van der Waals surface area (Å²) in [6, 6.07) is 13.3. The minimum absolute atomic E-state index is 0.602. The van der Waals surface area contributed by atoms with Crippen molar-refractivity contribution in [2.24, 2.45) is 0 Å². The lowest BCUT2D eigenvalue weighted by molar-refractivity contribution is 0.0899. The molecule has 1 N–H and O–H groups in total. The summed E-state index contributed by atoms with van der Waals surface area (Å²) >= 11 is 0. The van der Waals surface area contributed by atoms with Crippen molar-refractivity contribution in [3.63, 3.8) is 0 Å². The Kier molecular flexibility index (Phi) is 5.85. The number of ether oxygens (including phenoxy) is 1. The highest BCUT2D eigenvalue weighted by atomic mass is 28.3. The Morgan fingerprint density at radius 1 is 1.00 bits per heavy atom. The SMILES string of the molecule is C[Si](C)(C)CCOCn1ccc2cccnc21.c1cnc2[nH]ccc2c1. The first-order valence-electron chi connectivity index (χ1n) is 8.89. The van der Waals surface area contributed by atoms with E-state index in [1.54, 1.807) is 6.20 Å². The highest BCUT2D eigenvalue weighted by Gasteiger charge is 2.12. The minimum Gasteiger partial charge on any atom is -0.361 e. The van der Waals surface area contributed by atoms with E-state index in [1.807, 2.05) is 42.9 Å². The van der Waals surface area contributed by atoms with E-state index in [-0.39, 0.29) is 0 Å². The Balaban J connectivity index is 0.000000181. The van der Waals surface area contributed by atoms with Gasteiger partial charge in [0.1, 0.15) is 18.0 Å². The molecule has 4 rings (SSSR count). The van der Waals surface area contributed by atoms with Crippen molar-refractivity contribution in [2.45, 2.75) is 32.4 Å². The number of aromatic amines is 1. The molecule has 6 heteroatoms. The van der Waals surface area contributed by atoms with Crippen molar-refractivity contribution in [2.75, 3.05) is 6.61 Å². The summed E-state index contributed by atoms with van der Waals surface area (Å²) in [5.41, 5.74) is 1.96. The van der Waals surface area contributed by atoms with Crippen molar-refractivity contribution < 1.29 is 4.74 Å². The van der Waals surface area contributed by atoms with Crippen LogP contribution in [0, 0.1) is 0 Å². The van der Waals surface area contributed by atoms with E-state index in [0.717, 1.165) is 23.3 Å². The molecule has 0 saturated heterocycles. The summed E-state index contributed by atoms with van der Waals surface area (Å²) in [6.45, 7) is 8.54. The monoisotopic (exact) mass is 366 g/mol. The first-order chi connectivity index (χ1) is 12.5. The molecular formula is C20H26N4OSi. The summed E-state index contributed by atoms with van der Waals surface area (Å²) in [7, 11) is -0.983. The van der Waals surface area contributed by atoms with Gasteiger partial charge in [-0.25, -0.2) is 9.97 Å². The number of aromatic nitrogens is 4. The summed E-state index contributed by atoms with van der Waals surface area (Å²) in [5.74, 6) is 0. The number of nitrogens with zero attached hydrogens (tertiary/aromatic N) is 3. The van der Waals surface area contributed by atoms with Gasteiger partial charge in [0.25, 0.3) is 0 Å². The van der Waals surface area contributed by atoms with Crippen molar-refractivity contribution in [3.05, 3.63) is 61.2 Å². The lowest BCUT2D eigenvalue weighted by Crippen LogP contribution is -2.22. The van der Waals surface area contributed by atoms with E-state index in [4.69, 9.17) is 4.74 Å². The molecule has 0 aliphatic heterocycles. The van der Waals surface area contributed by atoms with Crippen LogP contribution in [-0.2, 0) is 11.5 Å². The molecule has 0 bridgehead atoms. The first-order valence-corrected chi connectivity index (χ1v) is 12.6. The van der Waals surface area contributed by atoms with Gasteiger partial charge in [-0.05, 0) is 42.4 Å². The molecule has 0 spiro atoms. The number of pyridine rings is 2. The van der Waals surface area contributed by atoms with Crippen LogP contribution in [-0.4, -0.2) is 34.2 Å². The second-order valence-electron chi connectivity index (χ2n) is 7.47. The molecule has 0 saturated carbocycles. The van der Waals surface area contributed by atoms with Gasteiger partial charge in [-0.2, -0.15) is 0 Å².